The first-order valence-corrected chi connectivity index (χ1v) is 28.0. The van der Waals surface area contributed by atoms with E-state index in [0.717, 1.165) is 10.9 Å². The number of amides is 11. The van der Waals surface area contributed by atoms with E-state index in [1.165, 1.54) is 12.5 Å². The van der Waals surface area contributed by atoms with Crippen molar-refractivity contribution in [1.82, 2.24) is 73.0 Å². The molecule has 31 nitrogen and oxygen atoms in total. The van der Waals surface area contributed by atoms with Gasteiger partial charge in [0.25, 0.3) is 5.91 Å². The number of rotatable bonds is 35. The van der Waals surface area contributed by atoms with Gasteiger partial charge < -0.3 is 85.4 Å². The maximum Gasteiger partial charge on any atom is 0.325 e. The number of nitrogens with two attached hydrogens (primary N) is 3. The van der Waals surface area contributed by atoms with Crippen molar-refractivity contribution in [2.24, 2.45) is 17.2 Å². The number of nitrogens with one attached hydrogen (secondary N) is 14. The normalized spacial score (nSPS) is 14.8. The molecule has 1 fully saturated rings. The molecule has 0 radical (unpaired) electrons. The minimum Gasteiger partial charge on any atom is -0.481 e. The first-order chi connectivity index (χ1) is 40.6. The number of thiol groups is 2. The van der Waals surface area contributed by atoms with Crippen molar-refractivity contribution in [3.05, 3.63) is 90.1 Å². The number of imidazole rings is 1. The van der Waals surface area contributed by atoms with Crippen LogP contribution in [0.2, 0.25) is 0 Å². The van der Waals surface area contributed by atoms with Crippen molar-refractivity contribution >= 4 is 113 Å². The Morgan fingerprint density at radius 1 is 0.612 bits per heavy atom. The molecule has 3 heterocycles. The van der Waals surface area contributed by atoms with Gasteiger partial charge in [-0.2, -0.15) is 25.3 Å². The van der Waals surface area contributed by atoms with Crippen molar-refractivity contribution in [2.75, 3.05) is 31.1 Å². The molecule has 1 unspecified atom stereocenters. The van der Waals surface area contributed by atoms with Crippen LogP contribution in [0.25, 0.3) is 10.9 Å². The summed E-state index contributed by atoms with van der Waals surface area (Å²) in [7, 11) is 0. The Balaban J connectivity index is 1.41. The van der Waals surface area contributed by atoms with Gasteiger partial charge >= 0.3 is 12.0 Å². The second kappa shape index (κ2) is 33.0. The Morgan fingerprint density at radius 3 is 1.66 bits per heavy atom. The second-order valence-corrected chi connectivity index (χ2v) is 20.3. The lowest BCUT2D eigenvalue weighted by Crippen LogP contribution is -2.61. The van der Waals surface area contributed by atoms with Crippen LogP contribution < -0.4 is 70.4 Å². The number of carbonyl (C=O) groups is 11. The molecule has 21 N–H and O–H groups in total. The van der Waals surface area contributed by atoms with Crippen LogP contribution in [0.5, 0.6) is 0 Å². The predicted molar refractivity (Wildman–Crippen MR) is 314 cm³/mol. The van der Waals surface area contributed by atoms with Crippen LogP contribution in [0.1, 0.15) is 55.3 Å². The lowest BCUT2D eigenvalue weighted by Gasteiger charge is -2.28. The van der Waals surface area contributed by atoms with E-state index in [4.69, 9.17) is 28.0 Å². The molecule has 1 aliphatic heterocycles. The quantitative estimate of drug-likeness (QED) is 0.00686. The molecule has 4 aromatic rings. The van der Waals surface area contributed by atoms with Gasteiger partial charge in [0.05, 0.1) is 12.9 Å². The van der Waals surface area contributed by atoms with Gasteiger partial charge in [-0.3, -0.25) is 63.7 Å². The van der Waals surface area contributed by atoms with Gasteiger partial charge in [0.2, 0.25) is 47.3 Å². The van der Waals surface area contributed by atoms with Crippen molar-refractivity contribution in [3.63, 3.8) is 0 Å². The molecule has 0 bridgehead atoms. The zero-order valence-electron chi connectivity index (χ0n) is 45.9. The Bertz CT molecular complexity index is 3020. The maximum atomic E-state index is 14.8. The third kappa shape index (κ3) is 20.8. The van der Waals surface area contributed by atoms with E-state index >= 15 is 0 Å². The molecule has 2 aromatic carbocycles. The Kier molecular flexibility index (Phi) is 25.8. The summed E-state index contributed by atoms with van der Waals surface area (Å²) >= 11 is 8.35. The van der Waals surface area contributed by atoms with Gasteiger partial charge in [0, 0.05) is 79.3 Å². The van der Waals surface area contributed by atoms with Gasteiger partial charge in [-0.25, -0.2) is 9.78 Å². The van der Waals surface area contributed by atoms with Crippen LogP contribution in [0.3, 0.4) is 0 Å². The number of para-hydroxylation sites is 1. The Morgan fingerprint density at radius 2 is 1.12 bits per heavy atom. The third-order valence-corrected chi connectivity index (χ3v) is 14.0. The van der Waals surface area contributed by atoms with Crippen molar-refractivity contribution in [1.29, 1.82) is 10.8 Å². The summed E-state index contributed by atoms with van der Waals surface area (Å²) in [5, 5.41) is 51.0. The number of imide groups is 1. The summed E-state index contributed by atoms with van der Waals surface area (Å²) in [4.78, 5) is 160. The highest BCUT2D eigenvalue weighted by Crippen LogP contribution is 2.20. The molecule has 1 aliphatic rings. The van der Waals surface area contributed by atoms with Crippen LogP contribution in [-0.2, 0) is 67.2 Å². The fourth-order valence-electron chi connectivity index (χ4n) is 8.90. The minimum absolute atomic E-state index is 0.0665. The lowest BCUT2D eigenvalue weighted by molar-refractivity contribution is -0.139. The number of carboxylic acids is 1. The summed E-state index contributed by atoms with van der Waals surface area (Å²) in [6.07, 6.45) is 2.41. The van der Waals surface area contributed by atoms with Gasteiger partial charge in [0.1, 0.15) is 48.3 Å². The van der Waals surface area contributed by atoms with E-state index in [2.05, 4.69) is 93.4 Å². The van der Waals surface area contributed by atoms with Crippen LogP contribution in [0.15, 0.2) is 73.3 Å². The molecule has 0 saturated carbocycles. The highest BCUT2D eigenvalue weighted by atomic mass is 32.1. The van der Waals surface area contributed by atoms with E-state index in [9.17, 15) is 57.8 Å². The molecule has 8 atom stereocenters. The molecule has 5 rings (SSSR count). The van der Waals surface area contributed by atoms with Crippen LogP contribution in [0, 0.1) is 10.8 Å². The van der Waals surface area contributed by atoms with Gasteiger partial charge in [0.15, 0.2) is 11.9 Å². The average molecular weight is 1220 g/mol. The summed E-state index contributed by atoms with van der Waals surface area (Å²) in [5.74, 6) is -11.0. The molecule has 458 valence electrons. The zero-order valence-corrected chi connectivity index (χ0v) is 47.7. The second-order valence-electron chi connectivity index (χ2n) is 19.6. The Labute approximate surface area is 497 Å². The maximum absolute atomic E-state index is 14.8. The fourth-order valence-corrected chi connectivity index (χ4v) is 9.43. The molecule has 11 amide bonds. The van der Waals surface area contributed by atoms with Gasteiger partial charge in [-0.05, 0) is 49.3 Å². The molecule has 2 aromatic heterocycles. The summed E-state index contributed by atoms with van der Waals surface area (Å²) in [5.41, 5.74) is 18.6. The number of H-pyrrole nitrogens is 2. The number of carboxylic acid groups (broad SMARTS) is 1. The number of hydrogen-bond acceptors (Lipinski definition) is 16. The van der Waals surface area contributed by atoms with E-state index in [0.29, 0.717) is 21.7 Å². The van der Waals surface area contributed by atoms with E-state index < -0.39 is 139 Å². The smallest absolute Gasteiger partial charge is 0.325 e. The molecule has 0 aliphatic carbocycles. The summed E-state index contributed by atoms with van der Waals surface area (Å²) in [6, 6.07) is 2.85. The molecule has 0 spiro atoms. The predicted octanol–water partition coefficient (Wildman–Crippen LogP) is -4.03. The standard InChI is InChI=1S/C52H71N19O12S2/c53-42(75)37(24-84)69-46(79)35(19-28-21-61-31-11-5-4-10-30(28)31)67-43(76)32(12-6-16-59-50(54)55)64-45(78)34(18-27-8-2-1-3-9-27)66-47(80)36(20-29-22-58-26-63-29)68-44(77)33(14-15-41(73)74)65-48(81)38(25-85)70-49(82)39(13-7-17-60-51(56)57)71-40(72)23-62-52(71)83/h1-5,8-11,21-22,26,32-39,61,84-85H,6-7,12-20,23-25H2,(H2,53,75)(H,58,63)(H,62,83)(H,64,78)(H,65,81)(H,66,80)(H,67,76)(H,68,77)(H,69,79)(H,70,82)(H,73,74)(H4,54,55,59)(H4,56,57,60)/t32-,33-,34+,35?,36-,37-,38-,39-/m0/s1. The van der Waals surface area contributed by atoms with E-state index in [1.807, 2.05) is 6.07 Å². The van der Waals surface area contributed by atoms with Crippen LogP contribution in [-0.4, -0.2) is 182 Å². The monoisotopic (exact) mass is 1220 g/mol. The SMILES string of the molecule is N=C(N)NCCC[C@H](NC(=O)[C@@H](Cc1ccccc1)NC(=O)[C@H](Cc1cnc[nH]1)NC(=O)[C@H](CCC(=O)O)NC(=O)[C@H](CS)NC(=O)[C@H](CCCNC(=N)N)N1C(=O)CNC1=O)C(=O)NC(Cc1c[nH]c2ccccc12)C(=O)N[C@@H](CS)C(N)=O. The van der Waals surface area contributed by atoms with E-state index in [1.54, 1.807) is 54.7 Å². The van der Waals surface area contributed by atoms with Gasteiger partial charge in [-0.1, -0.05) is 48.5 Å². The van der Waals surface area contributed by atoms with Crippen molar-refractivity contribution in [2.45, 2.75) is 106 Å². The highest BCUT2D eigenvalue weighted by Gasteiger charge is 2.40. The molecular formula is C52H71N19O12S2. The molecule has 85 heavy (non-hydrogen) atoms. The molecule has 33 heteroatoms. The Hall–Kier alpha value is -9.40. The summed E-state index contributed by atoms with van der Waals surface area (Å²) < 4.78 is 0. The van der Waals surface area contributed by atoms with Gasteiger partial charge in [-0.15, -0.1) is 0 Å². The molecule has 1 saturated heterocycles. The van der Waals surface area contributed by atoms with E-state index in [-0.39, 0.29) is 75.7 Å². The number of aromatic nitrogens is 3. The zero-order chi connectivity index (χ0) is 62.2. The van der Waals surface area contributed by atoms with Crippen molar-refractivity contribution < 1.29 is 57.8 Å². The minimum atomic E-state index is -1.71. The number of hydrogen-bond donors (Lipinski definition) is 20. The number of nitrogens with zero attached hydrogens (tertiary/aromatic N) is 2. The third-order valence-electron chi connectivity index (χ3n) is 13.3. The average Bonchev–Trinajstić information content (AvgIpc) is 4.00. The number of primary amides is 1. The summed E-state index contributed by atoms with van der Waals surface area (Å²) in [6.45, 7) is -0.250. The number of aliphatic carboxylic acids is 1. The number of guanidine groups is 2. The largest absolute Gasteiger partial charge is 0.481 e. The number of aromatic amines is 2. The topological polar surface area (TPSA) is 502 Å². The van der Waals surface area contributed by atoms with Crippen molar-refractivity contribution in [3.8, 4) is 0 Å². The fraction of sp³-hybridized carbons (Fsp3) is 0.423. The first-order valence-electron chi connectivity index (χ1n) is 26.8. The molecular weight excluding hydrogens is 1150 g/mol. The number of carbonyl (C=O) groups excluding carboxylic acids is 10. The number of benzene rings is 2. The van der Waals surface area contributed by atoms with Crippen LogP contribution in [0.4, 0.5) is 4.79 Å². The number of fused-ring (bicyclic) bond motifs is 1. The highest BCUT2D eigenvalue weighted by molar-refractivity contribution is 7.80. The lowest BCUT2D eigenvalue weighted by atomic mass is 10.0. The number of urea groups is 1. The van der Waals surface area contributed by atoms with Crippen LogP contribution >= 0.6 is 25.3 Å². The first kappa shape index (κ1) is 66.4.